The van der Waals surface area contributed by atoms with Crippen molar-refractivity contribution in [3.05, 3.63) is 35.9 Å². The first-order chi connectivity index (χ1) is 13.9. The molecular weight excluding hydrogens is 384 g/mol. The Bertz CT molecular complexity index is 884. The van der Waals surface area contributed by atoms with Crippen LogP contribution in [0.25, 0.3) is 6.08 Å². The number of nitrogens with one attached hydrogen (secondary N) is 1. The molecule has 162 valence electrons. The van der Waals surface area contributed by atoms with Crippen LogP contribution < -0.4 is 10.1 Å². The topological polar surface area (TPSA) is 95.9 Å². The first-order valence-corrected chi connectivity index (χ1v) is 10.2. The summed E-state index contributed by atoms with van der Waals surface area (Å²) in [6.45, 7) is 8.91. The molecule has 2 heterocycles. The number of fused-ring (bicyclic) bond motifs is 1. The Kier molecular flexibility index (Phi) is 5.54. The van der Waals surface area contributed by atoms with Gasteiger partial charge in [-0.1, -0.05) is 38.1 Å². The molecule has 4 atom stereocenters. The highest BCUT2D eigenvalue weighted by molar-refractivity contribution is 6.10. The first kappa shape index (κ1) is 22.0. The zero-order valence-electron chi connectivity index (χ0n) is 18.3. The fourth-order valence-electron chi connectivity index (χ4n) is 4.71. The summed E-state index contributed by atoms with van der Waals surface area (Å²) in [7, 11) is 1.59. The molecule has 1 aromatic rings. The van der Waals surface area contributed by atoms with E-state index in [2.05, 4.69) is 5.32 Å². The number of imide groups is 1. The second kappa shape index (κ2) is 7.54. The number of carbonyl (C=O) groups is 3. The summed E-state index contributed by atoms with van der Waals surface area (Å²) >= 11 is 0. The third-order valence-electron chi connectivity index (χ3n) is 6.18. The molecule has 0 saturated carbocycles. The Morgan fingerprint density at radius 3 is 2.27 bits per heavy atom. The number of rotatable bonds is 5. The van der Waals surface area contributed by atoms with Crippen LogP contribution in [-0.2, 0) is 14.4 Å². The van der Waals surface area contributed by atoms with Crippen molar-refractivity contribution in [1.82, 2.24) is 10.2 Å². The van der Waals surface area contributed by atoms with Crippen molar-refractivity contribution in [1.29, 1.82) is 0 Å². The van der Waals surface area contributed by atoms with Crippen LogP contribution in [0.2, 0.25) is 0 Å². The van der Waals surface area contributed by atoms with E-state index in [1.807, 2.05) is 30.3 Å². The van der Waals surface area contributed by atoms with Gasteiger partial charge in [0.05, 0.1) is 18.9 Å². The largest absolute Gasteiger partial charge is 0.497 e. The number of hydrogen-bond donors (Lipinski definition) is 2. The quantitative estimate of drug-likeness (QED) is 0.719. The zero-order chi connectivity index (χ0) is 22.4. The predicted molar refractivity (Wildman–Crippen MR) is 113 cm³/mol. The van der Waals surface area contributed by atoms with Crippen molar-refractivity contribution >= 4 is 23.9 Å². The number of methoxy groups -OCH3 is 1. The minimum Gasteiger partial charge on any atom is -0.497 e. The second-order valence-corrected chi connectivity index (χ2v) is 9.32. The van der Waals surface area contributed by atoms with E-state index in [0.29, 0.717) is 0 Å². The fourth-order valence-corrected chi connectivity index (χ4v) is 4.71. The summed E-state index contributed by atoms with van der Waals surface area (Å²) in [5.74, 6) is -3.21. The molecule has 0 radical (unpaired) electrons. The predicted octanol–water partition coefficient (Wildman–Crippen LogP) is 2.56. The minimum absolute atomic E-state index is 0.321. The normalized spacial score (nSPS) is 29.2. The van der Waals surface area contributed by atoms with Crippen LogP contribution in [0.5, 0.6) is 5.75 Å². The van der Waals surface area contributed by atoms with Crippen molar-refractivity contribution in [3.8, 4) is 5.75 Å². The number of likely N-dealkylation sites (tertiary alicyclic amines) is 1. The lowest BCUT2D eigenvalue weighted by molar-refractivity contribution is -0.155. The summed E-state index contributed by atoms with van der Waals surface area (Å²) in [5, 5.41) is 13.3. The number of aliphatic carboxylic acids is 1. The third kappa shape index (κ3) is 3.31. The van der Waals surface area contributed by atoms with Gasteiger partial charge < -0.3 is 9.84 Å². The lowest BCUT2D eigenvalue weighted by Crippen LogP contribution is -2.61. The molecular formula is C23H30N2O5. The van der Waals surface area contributed by atoms with Gasteiger partial charge in [0, 0.05) is 11.6 Å². The monoisotopic (exact) mass is 414 g/mol. The molecule has 2 aliphatic heterocycles. The van der Waals surface area contributed by atoms with Gasteiger partial charge in [0.1, 0.15) is 11.3 Å². The van der Waals surface area contributed by atoms with Gasteiger partial charge in [-0.2, -0.15) is 0 Å². The van der Waals surface area contributed by atoms with Gasteiger partial charge in [0.15, 0.2) is 0 Å². The van der Waals surface area contributed by atoms with Crippen molar-refractivity contribution < 1.29 is 24.2 Å². The molecule has 2 amide bonds. The molecule has 7 heteroatoms. The average Bonchev–Trinajstić information content (AvgIpc) is 3.15. The van der Waals surface area contributed by atoms with Crippen LogP contribution in [-0.4, -0.2) is 52.0 Å². The summed E-state index contributed by atoms with van der Waals surface area (Å²) in [5.41, 5.74) is -1.34. The Morgan fingerprint density at radius 2 is 1.80 bits per heavy atom. The van der Waals surface area contributed by atoms with Crippen LogP contribution in [0, 0.1) is 17.8 Å². The highest BCUT2D eigenvalue weighted by Crippen LogP contribution is 2.48. The van der Waals surface area contributed by atoms with Gasteiger partial charge in [-0.15, -0.1) is 0 Å². The standard InChI is InChI=1S/C23H30N2O5/c1-13(2)23(21(28)29)18-17(19(26)25(20(18)27)22(3,4)5)16(24-23)12-9-14-7-10-15(30-6)11-8-14/h7-13,16-18,24H,1-6H3,(H,28,29). The van der Waals surface area contributed by atoms with Crippen molar-refractivity contribution in [2.75, 3.05) is 7.11 Å². The van der Waals surface area contributed by atoms with Crippen LogP contribution in [0.3, 0.4) is 0 Å². The van der Waals surface area contributed by atoms with E-state index in [-0.39, 0.29) is 5.91 Å². The van der Waals surface area contributed by atoms with E-state index in [4.69, 9.17) is 4.74 Å². The van der Waals surface area contributed by atoms with E-state index in [0.717, 1.165) is 11.3 Å². The molecule has 0 aliphatic carbocycles. The Labute approximate surface area is 177 Å². The van der Waals surface area contributed by atoms with Crippen LogP contribution in [0.1, 0.15) is 40.2 Å². The van der Waals surface area contributed by atoms with Crippen molar-refractivity contribution in [3.63, 3.8) is 0 Å². The van der Waals surface area contributed by atoms with Crippen LogP contribution >= 0.6 is 0 Å². The second-order valence-electron chi connectivity index (χ2n) is 9.32. The van der Waals surface area contributed by atoms with E-state index >= 15 is 0 Å². The maximum Gasteiger partial charge on any atom is 0.325 e. The fraction of sp³-hybridized carbons (Fsp3) is 0.522. The van der Waals surface area contributed by atoms with E-state index in [9.17, 15) is 19.5 Å². The van der Waals surface area contributed by atoms with Crippen molar-refractivity contribution in [2.24, 2.45) is 17.8 Å². The van der Waals surface area contributed by atoms with Crippen LogP contribution in [0.15, 0.2) is 30.3 Å². The number of benzene rings is 1. The summed E-state index contributed by atoms with van der Waals surface area (Å²) in [4.78, 5) is 40.3. The average molecular weight is 415 g/mol. The molecule has 1 aromatic carbocycles. The van der Waals surface area contributed by atoms with Gasteiger partial charge in [-0.05, 0) is 44.4 Å². The first-order valence-electron chi connectivity index (χ1n) is 10.2. The summed E-state index contributed by atoms with van der Waals surface area (Å²) in [6, 6.07) is 6.83. The van der Waals surface area contributed by atoms with Gasteiger partial charge in [0.25, 0.3) is 0 Å². The van der Waals surface area contributed by atoms with Gasteiger partial charge in [0.2, 0.25) is 11.8 Å². The van der Waals surface area contributed by atoms with Gasteiger partial charge in [-0.25, -0.2) is 0 Å². The third-order valence-corrected chi connectivity index (χ3v) is 6.18. The highest BCUT2D eigenvalue weighted by atomic mass is 16.5. The summed E-state index contributed by atoms with van der Waals surface area (Å²) < 4.78 is 5.16. The molecule has 0 bridgehead atoms. The molecule has 0 spiro atoms. The molecule has 2 fully saturated rings. The molecule has 2 saturated heterocycles. The maximum atomic E-state index is 13.3. The Morgan fingerprint density at radius 1 is 1.20 bits per heavy atom. The number of carboxylic acid groups (broad SMARTS) is 1. The number of amides is 2. The number of carbonyl (C=O) groups excluding carboxylic acids is 2. The van der Waals surface area contributed by atoms with E-state index < -0.39 is 46.7 Å². The number of hydrogen-bond acceptors (Lipinski definition) is 5. The SMILES string of the molecule is COc1ccc(C=CC2NC(C(=O)O)(C(C)C)C3C(=O)N(C(C)(C)C)C(=O)C23)cc1. The lowest BCUT2D eigenvalue weighted by Gasteiger charge is -2.37. The van der Waals surface area contributed by atoms with E-state index in [1.54, 1.807) is 47.8 Å². The molecule has 7 nitrogen and oxygen atoms in total. The number of carboxylic acids is 1. The number of ether oxygens (including phenoxy) is 1. The molecule has 30 heavy (non-hydrogen) atoms. The highest BCUT2D eigenvalue weighted by Gasteiger charge is 2.69. The molecule has 3 rings (SSSR count). The Balaban J connectivity index is 2.04. The van der Waals surface area contributed by atoms with Gasteiger partial charge in [-0.3, -0.25) is 24.6 Å². The van der Waals surface area contributed by atoms with Gasteiger partial charge >= 0.3 is 5.97 Å². The molecule has 2 N–H and O–H groups in total. The van der Waals surface area contributed by atoms with Crippen molar-refractivity contribution in [2.45, 2.75) is 51.7 Å². The molecule has 4 unspecified atom stereocenters. The zero-order valence-corrected chi connectivity index (χ0v) is 18.3. The smallest absolute Gasteiger partial charge is 0.325 e. The lowest BCUT2D eigenvalue weighted by atomic mass is 9.73. The molecule has 0 aromatic heterocycles. The molecule has 2 aliphatic rings. The summed E-state index contributed by atoms with van der Waals surface area (Å²) in [6.07, 6.45) is 3.63. The van der Waals surface area contributed by atoms with E-state index in [1.165, 1.54) is 4.90 Å². The minimum atomic E-state index is -1.51. The number of nitrogens with zero attached hydrogens (tertiary/aromatic N) is 1. The maximum absolute atomic E-state index is 13.3. The van der Waals surface area contributed by atoms with Crippen LogP contribution in [0.4, 0.5) is 0 Å². The Hall–Kier alpha value is -2.67.